The summed E-state index contributed by atoms with van der Waals surface area (Å²) in [6.07, 6.45) is 1.82. The van der Waals surface area contributed by atoms with Crippen molar-refractivity contribution in [2.75, 3.05) is 13.2 Å². The number of carbonyl (C=O) groups excluding carboxylic acids is 1. The summed E-state index contributed by atoms with van der Waals surface area (Å²) in [5.41, 5.74) is 0.840. The molecule has 0 spiro atoms. The highest BCUT2D eigenvalue weighted by Crippen LogP contribution is 2.23. The molecule has 2 aromatic carbocycles. The van der Waals surface area contributed by atoms with Crippen LogP contribution in [0.15, 0.2) is 60.8 Å². The molecule has 0 bridgehead atoms. The van der Waals surface area contributed by atoms with Crippen molar-refractivity contribution in [3.63, 3.8) is 0 Å². The van der Waals surface area contributed by atoms with E-state index >= 15 is 0 Å². The van der Waals surface area contributed by atoms with Gasteiger partial charge in [-0.1, -0.05) is 35.9 Å². The first-order valence-electron chi connectivity index (χ1n) is 8.80. The Kier molecular flexibility index (Phi) is 6.49. The van der Waals surface area contributed by atoms with E-state index < -0.39 is 6.10 Å². The summed E-state index contributed by atoms with van der Waals surface area (Å²) in [6.45, 7) is 2.69. The van der Waals surface area contributed by atoms with E-state index in [1.807, 2.05) is 30.3 Å². The molecule has 0 saturated carbocycles. The zero-order valence-corrected chi connectivity index (χ0v) is 15.8. The number of para-hydroxylation sites is 1. The zero-order valence-electron chi connectivity index (χ0n) is 15.0. The number of carbonyl (C=O) groups is 1. The van der Waals surface area contributed by atoms with E-state index in [4.69, 9.17) is 21.1 Å². The number of nitrogens with one attached hydrogen (secondary N) is 1. The van der Waals surface area contributed by atoms with Crippen molar-refractivity contribution in [3.8, 4) is 11.5 Å². The van der Waals surface area contributed by atoms with Crippen LogP contribution < -0.4 is 14.8 Å². The quantitative estimate of drug-likeness (QED) is 0.590. The van der Waals surface area contributed by atoms with Gasteiger partial charge in [0.05, 0.1) is 6.61 Å². The Morgan fingerprint density at radius 1 is 1.19 bits per heavy atom. The number of benzene rings is 2. The molecule has 0 fully saturated rings. The topological polar surface area (TPSA) is 60.5 Å². The number of fused-ring (bicyclic) bond motifs is 1. The van der Waals surface area contributed by atoms with Crippen LogP contribution in [0.25, 0.3) is 10.9 Å². The van der Waals surface area contributed by atoms with Crippen LogP contribution >= 0.6 is 11.6 Å². The van der Waals surface area contributed by atoms with Crippen LogP contribution in [0.4, 0.5) is 0 Å². The fourth-order valence-electron chi connectivity index (χ4n) is 2.60. The summed E-state index contributed by atoms with van der Waals surface area (Å²) in [5.74, 6) is 1.14. The third-order valence-electron chi connectivity index (χ3n) is 3.95. The average Bonchev–Trinajstić information content (AvgIpc) is 2.67. The minimum atomic E-state index is -0.605. The Morgan fingerprint density at radius 3 is 2.85 bits per heavy atom. The summed E-state index contributed by atoms with van der Waals surface area (Å²) in [7, 11) is 0. The summed E-state index contributed by atoms with van der Waals surface area (Å²) in [4.78, 5) is 16.5. The standard InChI is InChI=1S/C21H21ClN2O3/c1-15(27-18-9-3-8-17(22)14-18)21(25)24-12-5-13-26-19-10-2-6-16-7-4-11-23-20(16)19/h2-4,6-11,14-15H,5,12-13H2,1H3,(H,24,25). The number of hydrogen-bond donors (Lipinski definition) is 1. The maximum atomic E-state index is 12.1. The molecule has 0 aliphatic carbocycles. The second-order valence-corrected chi connectivity index (χ2v) is 6.48. The molecule has 5 nitrogen and oxygen atoms in total. The van der Waals surface area contributed by atoms with Gasteiger partial charge in [0.15, 0.2) is 6.10 Å². The molecular weight excluding hydrogens is 364 g/mol. The Balaban J connectivity index is 1.41. The van der Waals surface area contributed by atoms with Gasteiger partial charge in [-0.05, 0) is 43.7 Å². The largest absolute Gasteiger partial charge is 0.491 e. The lowest BCUT2D eigenvalue weighted by Gasteiger charge is -2.15. The van der Waals surface area contributed by atoms with E-state index in [2.05, 4.69) is 10.3 Å². The second-order valence-electron chi connectivity index (χ2n) is 6.04. The van der Waals surface area contributed by atoms with Gasteiger partial charge in [-0.15, -0.1) is 0 Å². The number of pyridine rings is 1. The van der Waals surface area contributed by atoms with Crippen molar-refractivity contribution < 1.29 is 14.3 Å². The normalized spacial score (nSPS) is 11.8. The van der Waals surface area contributed by atoms with Gasteiger partial charge in [-0.2, -0.15) is 0 Å². The molecule has 1 atom stereocenters. The van der Waals surface area contributed by atoms with E-state index in [0.29, 0.717) is 30.3 Å². The van der Waals surface area contributed by atoms with Crippen molar-refractivity contribution in [1.29, 1.82) is 0 Å². The molecule has 1 aromatic heterocycles. The third kappa shape index (κ3) is 5.34. The molecule has 0 aliphatic heterocycles. The molecule has 0 radical (unpaired) electrons. The predicted octanol–water partition coefficient (Wildman–Crippen LogP) is 4.24. The molecule has 0 aliphatic rings. The van der Waals surface area contributed by atoms with Crippen LogP contribution in [0.1, 0.15) is 13.3 Å². The highest BCUT2D eigenvalue weighted by molar-refractivity contribution is 6.30. The number of halogens is 1. The monoisotopic (exact) mass is 384 g/mol. The van der Waals surface area contributed by atoms with E-state index in [-0.39, 0.29) is 5.91 Å². The van der Waals surface area contributed by atoms with Crippen LogP contribution in [0, 0.1) is 0 Å². The smallest absolute Gasteiger partial charge is 0.260 e. The van der Waals surface area contributed by atoms with Crippen LogP contribution in [0.2, 0.25) is 5.02 Å². The fraction of sp³-hybridized carbons (Fsp3) is 0.238. The minimum absolute atomic E-state index is 0.179. The Labute approximate surface area is 163 Å². The van der Waals surface area contributed by atoms with Gasteiger partial charge in [0.2, 0.25) is 0 Å². The second kappa shape index (κ2) is 9.24. The van der Waals surface area contributed by atoms with E-state index in [1.165, 1.54) is 0 Å². The summed E-state index contributed by atoms with van der Waals surface area (Å²) < 4.78 is 11.4. The van der Waals surface area contributed by atoms with Crippen molar-refractivity contribution >= 4 is 28.4 Å². The number of ether oxygens (including phenoxy) is 2. The van der Waals surface area contributed by atoms with E-state index in [0.717, 1.165) is 16.7 Å². The first-order chi connectivity index (χ1) is 13.1. The summed E-state index contributed by atoms with van der Waals surface area (Å²) in [6, 6.07) is 16.7. The maximum absolute atomic E-state index is 12.1. The number of hydrogen-bond acceptors (Lipinski definition) is 4. The molecule has 1 unspecified atom stereocenters. The van der Waals surface area contributed by atoms with Gasteiger partial charge in [0.1, 0.15) is 17.0 Å². The first-order valence-corrected chi connectivity index (χ1v) is 9.18. The van der Waals surface area contributed by atoms with Gasteiger partial charge >= 0.3 is 0 Å². The first kappa shape index (κ1) is 19.0. The molecule has 1 N–H and O–H groups in total. The molecular formula is C21H21ClN2O3. The highest BCUT2D eigenvalue weighted by Gasteiger charge is 2.14. The Bertz CT molecular complexity index is 911. The highest BCUT2D eigenvalue weighted by atomic mass is 35.5. The van der Waals surface area contributed by atoms with Gasteiger partial charge < -0.3 is 14.8 Å². The van der Waals surface area contributed by atoms with Crippen molar-refractivity contribution in [1.82, 2.24) is 10.3 Å². The van der Waals surface area contributed by atoms with E-state index in [9.17, 15) is 4.79 Å². The van der Waals surface area contributed by atoms with Crippen molar-refractivity contribution in [2.45, 2.75) is 19.4 Å². The molecule has 0 saturated heterocycles. The summed E-state index contributed by atoms with van der Waals surface area (Å²) >= 11 is 5.91. The zero-order chi connectivity index (χ0) is 19.1. The van der Waals surface area contributed by atoms with Gasteiger partial charge in [0.25, 0.3) is 5.91 Å². The van der Waals surface area contributed by atoms with Crippen LogP contribution in [-0.2, 0) is 4.79 Å². The molecule has 140 valence electrons. The molecule has 6 heteroatoms. The predicted molar refractivity (Wildman–Crippen MR) is 106 cm³/mol. The van der Waals surface area contributed by atoms with Crippen molar-refractivity contribution in [3.05, 3.63) is 65.8 Å². The van der Waals surface area contributed by atoms with Gasteiger partial charge in [0, 0.05) is 23.2 Å². The minimum Gasteiger partial charge on any atom is -0.491 e. The van der Waals surface area contributed by atoms with Gasteiger partial charge in [-0.25, -0.2) is 0 Å². The molecule has 1 amide bonds. The van der Waals surface area contributed by atoms with Crippen molar-refractivity contribution in [2.24, 2.45) is 0 Å². The van der Waals surface area contributed by atoms with Gasteiger partial charge in [-0.3, -0.25) is 9.78 Å². The van der Waals surface area contributed by atoms with Crippen LogP contribution in [-0.4, -0.2) is 30.1 Å². The number of rotatable bonds is 8. The Hall–Kier alpha value is -2.79. The molecule has 1 heterocycles. The van der Waals surface area contributed by atoms with Crippen LogP contribution in [0.5, 0.6) is 11.5 Å². The molecule has 3 rings (SSSR count). The Morgan fingerprint density at radius 2 is 2.00 bits per heavy atom. The maximum Gasteiger partial charge on any atom is 0.260 e. The molecule has 3 aromatic rings. The van der Waals surface area contributed by atoms with Crippen LogP contribution in [0.3, 0.4) is 0 Å². The fourth-order valence-corrected chi connectivity index (χ4v) is 2.78. The lowest BCUT2D eigenvalue weighted by atomic mass is 10.2. The third-order valence-corrected chi connectivity index (χ3v) is 4.19. The van der Waals surface area contributed by atoms with E-state index in [1.54, 1.807) is 37.4 Å². The number of aromatic nitrogens is 1. The lowest BCUT2D eigenvalue weighted by molar-refractivity contribution is -0.127. The molecule has 27 heavy (non-hydrogen) atoms. The average molecular weight is 385 g/mol. The summed E-state index contributed by atoms with van der Waals surface area (Å²) in [5, 5.41) is 4.46. The lowest BCUT2D eigenvalue weighted by Crippen LogP contribution is -2.37. The number of nitrogens with zero attached hydrogens (tertiary/aromatic N) is 1. The number of amides is 1. The SMILES string of the molecule is CC(Oc1cccc(Cl)c1)C(=O)NCCCOc1cccc2cccnc12.